The van der Waals surface area contributed by atoms with Crippen molar-refractivity contribution in [2.75, 3.05) is 26.2 Å². The molecular formula is C20H24N4O2. The Bertz CT molecular complexity index is 803. The van der Waals surface area contributed by atoms with Gasteiger partial charge in [0.15, 0.2) is 0 Å². The van der Waals surface area contributed by atoms with Gasteiger partial charge < -0.3 is 15.1 Å². The Morgan fingerprint density at radius 2 is 1.65 bits per heavy atom. The summed E-state index contributed by atoms with van der Waals surface area (Å²) in [6, 6.07) is 9.71. The number of nitrogens with one attached hydrogen (secondary N) is 1. The predicted molar refractivity (Wildman–Crippen MR) is 100 cm³/mol. The molecule has 26 heavy (non-hydrogen) atoms. The molecule has 3 amide bonds. The van der Waals surface area contributed by atoms with Crippen LogP contribution in [0.2, 0.25) is 0 Å². The normalized spacial score (nSPS) is 18.3. The molecule has 4 rings (SSSR count). The fraction of sp³-hybridized carbons (Fsp3) is 0.450. The average Bonchev–Trinajstić information content (AvgIpc) is 3.22. The first kappa shape index (κ1) is 16.8. The maximum absolute atomic E-state index is 12.7. The monoisotopic (exact) mass is 352 g/mol. The number of carbonyl (C=O) groups excluding carboxylic acids is 2. The van der Waals surface area contributed by atoms with Crippen molar-refractivity contribution < 1.29 is 9.59 Å². The van der Waals surface area contributed by atoms with Crippen molar-refractivity contribution in [3.63, 3.8) is 0 Å². The van der Waals surface area contributed by atoms with E-state index in [0.29, 0.717) is 18.7 Å². The molecule has 6 heteroatoms. The van der Waals surface area contributed by atoms with Crippen LogP contribution < -0.4 is 5.32 Å². The SMILES string of the molecule is O=C(NC1CCN(C(=O)N2CCCC2)CC1)c1ccnc2ccccc12. The number of fused-ring (bicyclic) bond motifs is 1. The molecule has 0 bridgehead atoms. The van der Waals surface area contributed by atoms with Gasteiger partial charge in [-0.3, -0.25) is 9.78 Å². The number of hydrogen-bond acceptors (Lipinski definition) is 3. The highest BCUT2D eigenvalue weighted by molar-refractivity contribution is 6.06. The third-order valence-electron chi connectivity index (χ3n) is 5.37. The van der Waals surface area contributed by atoms with Crippen LogP contribution in [0.1, 0.15) is 36.0 Å². The zero-order chi connectivity index (χ0) is 17.9. The molecule has 1 aromatic carbocycles. The summed E-state index contributed by atoms with van der Waals surface area (Å²) in [5.41, 5.74) is 1.48. The number of urea groups is 1. The van der Waals surface area contributed by atoms with Crippen molar-refractivity contribution in [1.82, 2.24) is 20.1 Å². The first-order valence-electron chi connectivity index (χ1n) is 9.41. The van der Waals surface area contributed by atoms with Crippen LogP contribution in [0.15, 0.2) is 36.5 Å². The van der Waals surface area contributed by atoms with Gasteiger partial charge in [-0.25, -0.2) is 4.79 Å². The summed E-state index contributed by atoms with van der Waals surface area (Å²) in [7, 11) is 0. The Balaban J connectivity index is 1.36. The summed E-state index contributed by atoms with van der Waals surface area (Å²) in [4.78, 5) is 33.4. The number of likely N-dealkylation sites (tertiary alicyclic amines) is 2. The van der Waals surface area contributed by atoms with E-state index >= 15 is 0 Å². The van der Waals surface area contributed by atoms with E-state index in [0.717, 1.165) is 49.7 Å². The number of benzene rings is 1. The summed E-state index contributed by atoms with van der Waals surface area (Å²) in [5.74, 6) is -0.0621. The van der Waals surface area contributed by atoms with Gasteiger partial charge in [0.2, 0.25) is 0 Å². The highest BCUT2D eigenvalue weighted by atomic mass is 16.2. The molecule has 0 saturated carbocycles. The Labute approximate surface area is 153 Å². The lowest BCUT2D eigenvalue weighted by molar-refractivity contribution is 0.0914. The highest BCUT2D eigenvalue weighted by Crippen LogP contribution is 2.19. The number of para-hydroxylation sites is 1. The van der Waals surface area contributed by atoms with Crippen LogP contribution >= 0.6 is 0 Å². The van der Waals surface area contributed by atoms with Gasteiger partial charge in [0.05, 0.1) is 11.1 Å². The minimum Gasteiger partial charge on any atom is -0.349 e. The fourth-order valence-electron chi connectivity index (χ4n) is 3.88. The number of piperidine rings is 1. The fourth-order valence-corrected chi connectivity index (χ4v) is 3.88. The number of pyridine rings is 1. The third-order valence-corrected chi connectivity index (χ3v) is 5.37. The third kappa shape index (κ3) is 3.36. The average molecular weight is 352 g/mol. The van der Waals surface area contributed by atoms with Crippen molar-refractivity contribution in [2.24, 2.45) is 0 Å². The quantitative estimate of drug-likeness (QED) is 0.904. The van der Waals surface area contributed by atoms with Crippen LogP contribution in [0.4, 0.5) is 4.79 Å². The Morgan fingerprint density at radius 3 is 2.42 bits per heavy atom. The van der Waals surface area contributed by atoms with E-state index in [-0.39, 0.29) is 18.0 Å². The van der Waals surface area contributed by atoms with E-state index in [1.807, 2.05) is 34.1 Å². The lowest BCUT2D eigenvalue weighted by Crippen LogP contribution is -2.50. The van der Waals surface area contributed by atoms with E-state index < -0.39 is 0 Å². The van der Waals surface area contributed by atoms with Crippen LogP contribution in [0.25, 0.3) is 10.9 Å². The van der Waals surface area contributed by atoms with Crippen molar-refractivity contribution in [2.45, 2.75) is 31.7 Å². The van der Waals surface area contributed by atoms with Gasteiger partial charge >= 0.3 is 6.03 Å². The van der Waals surface area contributed by atoms with Crippen LogP contribution in [-0.4, -0.2) is 58.9 Å². The molecule has 0 atom stereocenters. The predicted octanol–water partition coefficient (Wildman–Crippen LogP) is 2.64. The lowest BCUT2D eigenvalue weighted by atomic mass is 10.0. The van der Waals surface area contributed by atoms with Gasteiger partial charge in [-0.2, -0.15) is 0 Å². The van der Waals surface area contributed by atoms with E-state index in [4.69, 9.17) is 0 Å². The van der Waals surface area contributed by atoms with Crippen LogP contribution in [0.3, 0.4) is 0 Å². The summed E-state index contributed by atoms with van der Waals surface area (Å²) in [6.07, 6.45) is 5.49. The van der Waals surface area contributed by atoms with Crippen LogP contribution in [-0.2, 0) is 0 Å². The van der Waals surface area contributed by atoms with E-state index in [9.17, 15) is 9.59 Å². The molecule has 2 saturated heterocycles. The van der Waals surface area contributed by atoms with Gasteiger partial charge in [-0.15, -0.1) is 0 Å². The van der Waals surface area contributed by atoms with Gasteiger partial charge in [-0.1, -0.05) is 18.2 Å². The van der Waals surface area contributed by atoms with Crippen molar-refractivity contribution in [3.05, 3.63) is 42.1 Å². The zero-order valence-corrected chi connectivity index (χ0v) is 14.9. The van der Waals surface area contributed by atoms with E-state index in [2.05, 4.69) is 10.3 Å². The molecule has 1 aromatic heterocycles. The summed E-state index contributed by atoms with van der Waals surface area (Å²) in [6.45, 7) is 3.17. The molecule has 2 aromatic rings. The van der Waals surface area contributed by atoms with Gasteiger partial charge in [0, 0.05) is 43.8 Å². The maximum Gasteiger partial charge on any atom is 0.319 e. The smallest absolute Gasteiger partial charge is 0.319 e. The number of rotatable bonds is 2. The zero-order valence-electron chi connectivity index (χ0n) is 14.9. The van der Waals surface area contributed by atoms with Gasteiger partial charge in [-0.05, 0) is 37.8 Å². The van der Waals surface area contributed by atoms with Crippen LogP contribution in [0.5, 0.6) is 0 Å². The largest absolute Gasteiger partial charge is 0.349 e. The summed E-state index contributed by atoms with van der Waals surface area (Å²) in [5, 5.41) is 4.01. The second-order valence-corrected chi connectivity index (χ2v) is 7.09. The molecule has 0 aliphatic carbocycles. The minimum absolute atomic E-state index is 0.0621. The minimum atomic E-state index is -0.0621. The van der Waals surface area contributed by atoms with Crippen molar-refractivity contribution in [3.8, 4) is 0 Å². The number of hydrogen-bond donors (Lipinski definition) is 1. The molecule has 6 nitrogen and oxygen atoms in total. The molecule has 3 heterocycles. The first-order valence-corrected chi connectivity index (χ1v) is 9.41. The van der Waals surface area contributed by atoms with E-state index in [1.54, 1.807) is 12.3 Å². The van der Waals surface area contributed by atoms with Gasteiger partial charge in [0.1, 0.15) is 0 Å². The second-order valence-electron chi connectivity index (χ2n) is 7.09. The lowest BCUT2D eigenvalue weighted by Gasteiger charge is -2.34. The van der Waals surface area contributed by atoms with Crippen LogP contribution in [0, 0.1) is 0 Å². The van der Waals surface area contributed by atoms with Crippen molar-refractivity contribution in [1.29, 1.82) is 0 Å². The molecule has 0 spiro atoms. The topological polar surface area (TPSA) is 65.5 Å². The molecule has 2 aliphatic heterocycles. The van der Waals surface area contributed by atoms with E-state index in [1.165, 1.54) is 0 Å². The number of nitrogens with zero attached hydrogens (tertiary/aromatic N) is 3. The molecule has 1 N–H and O–H groups in total. The highest BCUT2D eigenvalue weighted by Gasteiger charge is 2.28. The molecular weight excluding hydrogens is 328 g/mol. The van der Waals surface area contributed by atoms with Gasteiger partial charge in [0.25, 0.3) is 5.91 Å². The Morgan fingerprint density at radius 1 is 0.962 bits per heavy atom. The Kier molecular flexibility index (Phi) is 4.73. The Hall–Kier alpha value is -2.63. The summed E-state index contributed by atoms with van der Waals surface area (Å²) < 4.78 is 0. The number of carbonyl (C=O) groups is 2. The summed E-state index contributed by atoms with van der Waals surface area (Å²) >= 11 is 0. The molecule has 2 aliphatic rings. The molecule has 2 fully saturated rings. The maximum atomic E-state index is 12.7. The number of amides is 3. The number of aromatic nitrogens is 1. The molecule has 0 unspecified atom stereocenters. The standard InChI is InChI=1S/C20H24N4O2/c25-19(17-7-10-21-18-6-2-1-5-16(17)18)22-15-8-13-24(14-9-15)20(26)23-11-3-4-12-23/h1-2,5-7,10,15H,3-4,8-9,11-14H2,(H,22,25). The van der Waals surface area contributed by atoms with Crippen molar-refractivity contribution >= 4 is 22.8 Å². The molecule has 136 valence electrons. The molecule has 0 radical (unpaired) electrons. The first-order chi connectivity index (χ1) is 12.7. The second kappa shape index (κ2) is 7.32.